The third kappa shape index (κ3) is 5.69. The molecular weight excluding hydrogens is 227 g/mol. The molecule has 0 unspecified atom stereocenters. The standard InChI is InChI=1S/C9H14F3NO3/c1-8(2,3)4-5(13)6(14)16-7(15)9(10,11)12/h5H,4,13H2,1-3H3/t5-/m1/s1. The third-order valence-corrected chi connectivity index (χ3v) is 1.56. The average molecular weight is 241 g/mol. The molecule has 94 valence electrons. The SMILES string of the molecule is CC(C)(C)C[C@@H](N)C(=O)OC(=O)C(F)(F)F. The molecular formula is C9H14F3NO3. The predicted molar refractivity (Wildman–Crippen MR) is 49.2 cm³/mol. The van der Waals surface area contributed by atoms with Crippen molar-refractivity contribution in [2.45, 2.75) is 39.4 Å². The van der Waals surface area contributed by atoms with E-state index in [0.29, 0.717) is 0 Å². The van der Waals surface area contributed by atoms with E-state index in [1.165, 1.54) is 0 Å². The van der Waals surface area contributed by atoms with Crippen LogP contribution in [-0.4, -0.2) is 24.2 Å². The molecule has 0 aliphatic rings. The van der Waals surface area contributed by atoms with Gasteiger partial charge in [-0.25, -0.2) is 9.59 Å². The molecule has 0 aliphatic heterocycles. The topological polar surface area (TPSA) is 69.4 Å². The second-order valence-corrected chi connectivity index (χ2v) is 4.58. The van der Waals surface area contributed by atoms with E-state index in [1.54, 1.807) is 20.8 Å². The fourth-order valence-electron chi connectivity index (χ4n) is 0.968. The largest absolute Gasteiger partial charge is 0.491 e. The number of carbonyl (C=O) groups is 2. The van der Waals surface area contributed by atoms with Gasteiger partial charge in [0.25, 0.3) is 0 Å². The molecule has 0 fully saturated rings. The van der Waals surface area contributed by atoms with Crippen molar-refractivity contribution >= 4 is 11.9 Å². The van der Waals surface area contributed by atoms with E-state index in [1.807, 2.05) is 0 Å². The molecule has 0 radical (unpaired) electrons. The van der Waals surface area contributed by atoms with E-state index in [4.69, 9.17) is 5.73 Å². The summed E-state index contributed by atoms with van der Waals surface area (Å²) in [6.45, 7) is 5.27. The Bertz CT molecular complexity index is 281. The van der Waals surface area contributed by atoms with E-state index in [2.05, 4.69) is 4.74 Å². The van der Waals surface area contributed by atoms with Gasteiger partial charge in [0.05, 0.1) is 0 Å². The lowest BCUT2D eigenvalue weighted by Crippen LogP contribution is -2.39. The Morgan fingerprint density at radius 2 is 1.69 bits per heavy atom. The predicted octanol–water partition coefficient (Wildman–Crippen LogP) is 1.38. The van der Waals surface area contributed by atoms with Crippen molar-refractivity contribution < 1.29 is 27.5 Å². The fraction of sp³-hybridized carbons (Fsp3) is 0.778. The molecule has 16 heavy (non-hydrogen) atoms. The number of hydrogen-bond acceptors (Lipinski definition) is 4. The van der Waals surface area contributed by atoms with Crippen molar-refractivity contribution in [1.82, 2.24) is 0 Å². The first-order valence-electron chi connectivity index (χ1n) is 4.52. The lowest BCUT2D eigenvalue weighted by atomic mass is 9.88. The molecule has 1 atom stereocenters. The van der Waals surface area contributed by atoms with Crippen molar-refractivity contribution in [2.75, 3.05) is 0 Å². The monoisotopic (exact) mass is 241 g/mol. The summed E-state index contributed by atoms with van der Waals surface area (Å²) in [6, 6.07) is -1.24. The molecule has 0 bridgehead atoms. The zero-order valence-corrected chi connectivity index (χ0v) is 9.22. The Kier molecular flexibility index (Phi) is 4.48. The third-order valence-electron chi connectivity index (χ3n) is 1.56. The molecule has 0 saturated heterocycles. The number of halogens is 3. The molecule has 0 aliphatic carbocycles. The number of carbonyl (C=O) groups excluding carboxylic acids is 2. The van der Waals surface area contributed by atoms with E-state index >= 15 is 0 Å². The molecule has 7 heteroatoms. The average Bonchev–Trinajstić information content (AvgIpc) is 1.98. The maximum absolute atomic E-state index is 11.7. The quantitative estimate of drug-likeness (QED) is 0.585. The zero-order valence-electron chi connectivity index (χ0n) is 9.22. The summed E-state index contributed by atoms with van der Waals surface area (Å²) in [5.74, 6) is -3.90. The molecule has 4 nitrogen and oxygen atoms in total. The summed E-state index contributed by atoms with van der Waals surface area (Å²) in [5.41, 5.74) is 4.95. The van der Waals surface area contributed by atoms with Gasteiger partial charge < -0.3 is 10.5 Å². The number of nitrogens with two attached hydrogens (primary N) is 1. The number of ether oxygens (including phenoxy) is 1. The van der Waals surface area contributed by atoms with Gasteiger partial charge in [0.2, 0.25) is 0 Å². The Morgan fingerprint density at radius 1 is 1.25 bits per heavy atom. The van der Waals surface area contributed by atoms with Crippen molar-refractivity contribution in [1.29, 1.82) is 0 Å². The van der Waals surface area contributed by atoms with E-state index < -0.39 is 24.2 Å². The van der Waals surface area contributed by atoms with Gasteiger partial charge in [-0.15, -0.1) is 0 Å². The van der Waals surface area contributed by atoms with Gasteiger partial charge in [-0.1, -0.05) is 20.8 Å². The zero-order chi connectivity index (χ0) is 13.1. The summed E-state index contributed by atoms with van der Waals surface area (Å²) < 4.78 is 38.8. The normalized spacial score (nSPS) is 14.4. The second-order valence-electron chi connectivity index (χ2n) is 4.58. The van der Waals surface area contributed by atoms with E-state index in [0.717, 1.165) is 0 Å². The maximum Gasteiger partial charge on any atom is 0.491 e. The van der Waals surface area contributed by atoms with Crippen LogP contribution in [0.4, 0.5) is 13.2 Å². The lowest BCUT2D eigenvalue weighted by molar-refractivity contribution is -0.202. The number of rotatable bonds is 2. The maximum atomic E-state index is 11.7. The Labute approximate surface area is 90.9 Å². The Morgan fingerprint density at radius 3 is 2.00 bits per heavy atom. The lowest BCUT2D eigenvalue weighted by Gasteiger charge is -2.21. The van der Waals surface area contributed by atoms with Crippen LogP contribution >= 0.6 is 0 Å². The van der Waals surface area contributed by atoms with Crippen molar-refractivity contribution in [3.63, 3.8) is 0 Å². The molecule has 0 aromatic rings. The number of alkyl halides is 3. The van der Waals surface area contributed by atoms with Gasteiger partial charge >= 0.3 is 18.1 Å². The molecule has 2 N–H and O–H groups in total. The minimum atomic E-state index is -5.18. The van der Waals surface area contributed by atoms with Crippen LogP contribution < -0.4 is 5.73 Å². The Balaban J connectivity index is 4.33. The highest BCUT2D eigenvalue weighted by atomic mass is 19.4. The van der Waals surface area contributed by atoms with Crippen LogP contribution in [0.15, 0.2) is 0 Å². The Hall–Kier alpha value is -1.11. The van der Waals surface area contributed by atoms with Crippen LogP contribution in [0.3, 0.4) is 0 Å². The molecule has 0 amide bonds. The van der Waals surface area contributed by atoms with Crippen LogP contribution in [0, 0.1) is 5.41 Å². The van der Waals surface area contributed by atoms with Crippen LogP contribution in [0.25, 0.3) is 0 Å². The van der Waals surface area contributed by atoms with Crippen molar-refractivity contribution in [2.24, 2.45) is 11.1 Å². The smallest absolute Gasteiger partial charge is 0.385 e. The summed E-state index contributed by atoms with van der Waals surface area (Å²) >= 11 is 0. The van der Waals surface area contributed by atoms with Gasteiger partial charge in [0, 0.05) is 0 Å². The summed E-state index contributed by atoms with van der Waals surface area (Å²) in [7, 11) is 0. The van der Waals surface area contributed by atoms with Gasteiger partial charge in [-0.05, 0) is 11.8 Å². The molecule has 0 spiro atoms. The number of hydrogen-bond donors (Lipinski definition) is 1. The van der Waals surface area contributed by atoms with Gasteiger partial charge in [0.15, 0.2) is 0 Å². The molecule has 0 aromatic heterocycles. The molecule has 0 rings (SSSR count). The minimum Gasteiger partial charge on any atom is -0.385 e. The second kappa shape index (κ2) is 4.82. The summed E-state index contributed by atoms with van der Waals surface area (Å²) in [6.07, 6.45) is -5.06. The number of esters is 2. The molecule has 0 heterocycles. The fourth-order valence-corrected chi connectivity index (χ4v) is 0.968. The highest BCUT2D eigenvalue weighted by molar-refractivity contribution is 5.90. The first kappa shape index (κ1) is 14.9. The molecule has 0 saturated carbocycles. The summed E-state index contributed by atoms with van der Waals surface area (Å²) in [4.78, 5) is 21.3. The minimum absolute atomic E-state index is 0.122. The van der Waals surface area contributed by atoms with Crippen molar-refractivity contribution in [3.05, 3.63) is 0 Å². The van der Waals surface area contributed by atoms with Crippen LogP contribution in [-0.2, 0) is 14.3 Å². The highest BCUT2D eigenvalue weighted by Crippen LogP contribution is 2.21. The van der Waals surface area contributed by atoms with E-state index in [-0.39, 0.29) is 11.8 Å². The van der Waals surface area contributed by atoms with Crippen LogP contribution in [0.5, 0.6) is 0 Å². The van der Waals surface area contributed by atoms with Gasteiger partial charge in [0.1, 0.15) is 6.04 Å². The molecule has 0 aromatic carbocycles. The summed E-state index contributed by atoms with van der Waals surface area (Å²) in [5, 5.41) is 0. The first-order valence-corrected chi connectivity index (χ1v) is 4.52. The van der Waals surface area contributed by atoms with Crippen LogP contribution in [0.1, 0.15) is 27.2 Å². The van der Waals surface area contributed by atoms with Gasteiger partial charge in [-0.2, -0.15) is 13.2 Å². The van der Waals surface area contributed by atoms with Gasteiger partial charge in [-0.3, -0.25) is 0 Å². The van der Waals surface area contributed by atoms with E-state index in [9.17, 15) is 22.8 Å². The first-order chi connectivity index (χ1) is 6.93. The van der Waals surface area contributed by atoms with Crippen molar-refractivity contribution in [3.8, 4) is 0 Å². The highest BCUT2D eigenvalue weighted by Gasteiger charge is 2.43. The van der Waals surface area contributed by atoms with Crippen LogP contribution in [0.2, 0.25) is 0 Å².